The van der Waals surface area contributed by atoms with E-state index in [1.54, 1.807) is 0 Å². The lowest BCUT2D eigenvalue weighted by Gasteiger charge is -2.06. The SMILES string of the molecule is c1ccc2c(c1)Cn1n[n+](c3ccccc31)Cc1ccccc1Cn1n[n+](c3ccccc31)C2. The van der Waals surface area contributed by atoms with Gasteiger partial charge in [-0.15, -0.1) is 18.7 Å². The Kier molecular flexibility index (Phi) is 4.30. The second-order valence-corrected chi connectivity index (χ2v) is 8.92. The molecule has 0 fully saturated rings. The predicted molar refractivity (Wildman–Crippen MR) is 129 cm³/mol. The minimum absolute atomic E-state index is 0.713. The normalized spacial score (nSPS) is 13.4. The average molecular weight is 445 g/mol. The smallest absolute Gasteiger partial charge is 0.125 e. The Labute approximate surface area is 196 Å². The molecular weight excluding hydrogens is 420 g/mol. The monoisotopic (exact) mass is 444 g/mol. The molecule has 0 radical (unpaired) electrons. The summed E-state index contributed by atoms with van der Waals surface area (Å²) < 4.78 is 8.52. The molecule has 0 saturated heterocycles. The number of hydrogen-bond donors (Lipinski definition) is 0. The van der Waals surface area contributed by atoms with E-state index in [0.717, 1.165) is 22.1 Å². The molecule has 164 valence electrons. The van der Waals surface area contributed by atoms with E-state index in [9.17, 15) is 0 Å². The van der Waals surface area contributed by atoms with Crippen LogP contribution in [-0.2, 0) is 26.2 Å². The van der Waals surface area contributed by atoms with Gasteiger partial charge in [0.05, 0.1) is 10.4 Å². The van der Waals surface area contributed by atoms with E-state index >= 15 is 0 Å². The van der Waals surface area contributed by atoms with Crippen LogP contribution < -0.4 is 9.36 Å². The highest BCUT2D eigenvalue weighted by Crippen LogP contribution is 2.19. The summed E-state index contributed by atoms with van der Waals surface area (Å²) >= 11 is 0. The fourth-order valence-corrected chi connectivity index (χ4v) is 5.10. The summed E-state index contributed by atoms with van der Waals surface area (Å²) in [6.45, 7) is 2.85. The number of rotatable bonds is 0. The van der Waals surface area contributed by atoms with Crippen LogP contribution in [0.15, 0.2) is 97.1 Å². The molecule has 0 aliphatic carbocycles. The largest absolute Gasteiger partial charge is 0.198 e. The van der Waals surface area contributed by atoms with Crippen LogP contribution in [0, 0.1) is 0 Å². The van der Waals surface area contributed by atoms with Crippen molar-refractivity contribution >= 4 is 22.1 Å². The maximum atomic E-state index is 5.05. The fraction of sp³-hybridized carbons (Fsp3) is 0.143. The van der Waals surface area contributed by atoms with Gasteiger partial charge in [-0.25, -0.2) is 0 Å². The minimum Gasteiger partial charge on any atom is -0.125 e. The molecule has 2 aromatic heterocycles. The van der Waals surface area contributed by atoms with Gasteiger partial charge in [0.1, 0.15) is 26.2 Å². The van der Waals surface area contributed by atoms with E-state index in [2.05, 4.69) is 116 Å². The highest BCUT2D eigenvalue weighted by molar-refractivity contribution is 5.71. The molecule has 4 bridgehead atoms. The van der Waals surface area contributed by atoms with Gasteiger partial charge in [-0.3, -0.25) is 0 Å². The first-order valence-electron chi connectivity index (χ1n) is 11.7. The number of benzene rings is 4. The molecular formula is C28H24N6+2. The van der Waals surface area contributed by atoms with Gasteiger partial charge in [0.15, 0.2) is 22.1 Å². The highest BCUT2D eigenvalue weighted by Gasteiger charge is 2.24. The van der Waals surface area contributed by atoms with Crippen molar-refractivity contribution < 1.29 is 9.36 Å². The lowest BCUT2D eigenvalue weighted by atomic mass is 10.1. The molecule has 3 heterocycles. The third-order valence-corrected chi connectivity index (χ3v) is 6.82. The van der Waals surface area contributed by atoms with Gasteiger partial charge < -0.3 is 0 Å². The summed E-state index contributed by atoms with van der Waals surface area (Å²) in [6, 6.07) is 34.3. The maximum absolute atomic E-state index is 5.05. The van der Waals surface area contributed by atoms with Crippen molar-refractivity contribution in [1.29, 1.82) is 0 Å². The Morgan fingerprint density at radius 3 is 1.32 bits per heavy atom. The molecule has 0 amide bonds. The van der Waals surface area contributed by atoms with E-state index in [0.29, 0.717) is 26.2 Å². The standard InChI is InChI=1S/C28H24N6/c1-2-10-22-18-32-27-15-7-8-16-28(27)34(30-32)20-24-12-4-3-11-23(24)19-33-26-14-6-5-13-25(26)31(29-33)17-21(22)9-1/h1-16H,17-20H2/q+2. The van der Waals surface area contributed by atoms with E-state index in [-0.39, 0.29) is 0 Å². The van der Waals surface area contributed by atoms with Crippen LogP contribution in [0.5, 0.6) is 0 Å². The topological polar surface area (TPSA) is 43.4 Å². The van der Waals surface area contributed by atoms with Crippen LogP contribution in [0.4, 0.5) is 0 Å². The van der Waals surface area contributed by atoms with Crippen molar-refractivity contribution in [2.75, 3.05) is 0 Å². The molecule has 6 heteroatoms. The molecule has 0 unspecified atom stereocenters. The first-order valence-corrected chi connectivity index (χ1v) is 11.7. The zero-order valence-electron chi connectivity index (χ0n) is 18.7. The number of aromatic nitrogens is 6. The van der Waals surface area contributed by atoms with Crippen molar-refractivity contribution in [1.82, 2.24) is 19.8 Å². The Morgan fingerprint density at radius 1 is 0.471 bits per heavy atom. The first kappa shape index (κ1) is 19.2. The van der Waals surface area contributed by atoms with E-state index in [1.165, 1.54) is 22.3 Å². The van der Waals surface area contributed by atoms with E-state index in [4.69, 9.17) is 10.4 Å². The molecule has 1 aliphatic rings. The van der Waals surface area contributed by atoms with Crippen LogP contribution in [0.3, 0.4) is 0 Å². The van der Waals surface area contributed by atoms with Crippen LogP contribution in [0.25, 0.3) is 22.1 Å². The van der Waals surface area contributed by atoms with Crippen molar-refractivity contribution in [3.05, 3.63) is 119 Å². The second-order valence-electron chi connectivity index (χ2n) is 8.92. The lowest BCUT2D eigenvalue weighted by molar-refractivity contribution is -0.725. The third kappa shape index (κ3) is 3.10. The van der Waals surface area contributed by atoms with Crippen LogP contribution >= 0.6 is 0 Å². The summed E-state index contributed by atoms with van der Waals surface area (Å²) in [5, 5.41) is 10.1. The van der Waals surface area contributed by atoms with Gasteiger partial charge in [-0.1, -0.05) is 72.8 Å². The molecule has 1 aliphatic heterocycles. The number of fused-ring (bicyclic) bond motifs is 12. The molecule has 6 aromatic rings. The summed E-state index contributed by atoms with van der Waals surface area (Å²) in [7, 11) is 0. The first-order chi connectivity index (χ1) is 16.8. The molecule has 6 nitrogen and oxygen atoms in total. The minimum atomic E-state index is 0.713. The summed E-state index contributed by atoms with van der Waals surface area (Å²) in [4.78, 5) is 0. The zero-order chi connectivity index (χ0) is 22.5. The summed E-state index contributed by atoms with van der Waals surface area (Å²) in [5.74, 6) is 0. The molecule has 0 spiro atoms. The molecule has 7 rings (SSSR count). The molecule has 34 heavy (non-hydrogen) atoms. The van der Waals surface area contributed by atoms with Gasteiger partial charge in [0, 0.05) is 22.3 Å². The van der Waals surface area contributed by atoms with E-state index < -0.39 is 0 Å². The average Bonchev–Trinajstić information content (AvgIpc) is 3.39. The maximum Gasteiger partial charge on any atom is 0.198 e. The third-order valence-electron chi connectivity index (χ3n) is 6.82. The molecule has 0 atom stereocenters. The van der Waals surface area contributed by atoms with Crippen molar-refractivity contribution in [2.45, 2.75) is 26.2 Å². The van der Waals surface area contributed by atoms with Crippen molar-refractivity contribution in [3.8, 4) is 0 Å². The number of hydrogen-bond acceptors (Lipinski definition) is 2. The van der Waals surface area contributed by atoms with Gasteiger partial charge in [0.25, 0.3) is 0 Å². The highest BCUT2D eigenvalue weighted by atomic mass is 15.5. The zero-order valence-corrected chi connectivity index (χ0v) is 18.7. The summed E-state index contributed by atoms with van der Waals surface area (Å²) in [6.07, 6.45) is 0. The van der Waals surface area contributed by atoms with Gasteiger partial charge in [0.2, 0.25) is 0 Å². The molecule has 4 aromatic carbocycles. The number of nitrogens with zero attached hydrogens (tertiary/aromatic N) is 6. The molecule has 0 N–H and O–H groups in total. The van der Waals surface area contributed by atoms with Crippen molar-refractivity contribution in [2.24, 2.45) is 0 Å². The lowest BCUT2D eigenvalue weighted by Crippen LogP contribution is -2.39. The second kappa shape index (κ2) is 7.63. The van der Waals surface area contributed by atoms with E-state index in [1.807, 2.05) is 0 Å². The number of para-hydroxylation sites is 4. The predicted octanol–water partition coefficient (Wildman–Crippen LogP) is 3.47. The van der Waals surface area contributed by atoms with Crippen LogP contribution in [0.2, 0.25) is 0 Å². The van der Waals surface area contributed by atoms with Crippen molar-refractivity contribution in [3.63, 3.8) is 0 Å². The van der Waals surface area contributed by atoms with Gasteiger partial charge >= 0.3 is 0 Å². The Hall–Kier alpha value is -4.32. The van der Waals surface area contributed by atoms with Crippen LogP contribution in [-0.4, -0.2) is 19.8 Å². The fourth-order valence-electron chi connectivity index (χ4n) is 5.10. The Bertz CT molecular complexity index is 1430. The quantitative estimate of drug-likeness (QED) is 0.336. The Balaban J connectivity index is 1.49. The van der Waals surface area contributed by atoms with Gasteiger partial charge in [-0.05, 0) is 24.3 Å². The Morgan fingerprint density at radius 2 is 0.853 bits per heavy atom. The van der Waals surface area contributed by atoms with Gasteiger partial charge in [-0.2, -0.15) is 0 Å². The van der Waals surface area contributed by atoms with Crippen LogP contribution in [0.1, 0.15) is 22.3 Å². The molecule has 0 saturated carbocycles. The summed E-state index contributed by atoms with van der Waals surface area (Å²) in [5.41, 5.74) is 9.60.